The van der Waals surface area contributed by atoms with Gasteiger partial charge in [0.25, 0.3) is 0 Å². The van der Waals surface area contributed by atoms with Gasteiger partial charge in [-0.25, -0.2) is 4.98 Å². The van der Waals surface area contributed by atoms with Gasteiger partial charge in [-0.2, -0.15) is 0 Å². The zero-order valence-electron chi connectivity index (χ0n) is 10.1. The Bertz CT molecular complexity index is 369. The molecule has 1 aromatic heterocycles. The van der Waals surface area contributed by atoms with Crippen LogP contribution >= 0.6 is 12.2 Å². The number of rotatable bonds is 4. The summed E-state index contributed by atoms with van der Waals surface area (Å²) in [7, 11) is 0. The maximum absolute atomic E-state index is 5.62. The third kappa shape index (κ3) is 4.14. The lowest BCUT2D eigenvalue weighted by Gasteiger charge is -2.18. The van der Waals surface area contributed by atoms with Gasteiger partial charge in [0.05, 0.1) is 5.56 Å². The van der Waals surface area contributed by atoms with Crippen LogP contribution in [-0.2, 0) is 0 Å². The molecule has 0 saturated heterocycles. The molecule has 3 N–H and O–H groups in total. The number of hydrogen-bond acceptors (Lipinski definition) is 3. The van der Waals surface area contributed by atoms with Crippen molar-refractivity contribution in [2.24, 2.45) is 11.1 Å². The second kappa shape index (κ2) is 5.25. The number of nitrogens with zero attached hydrogens (tertiary/aromatic N) is 1. The Labute approximate surface area is 102 Å². The van der Waals surface area contributed by atoms with E-state index in [0.29, 0.717) is 10.4 Å². The first-order chi connectivity index (χ1) is 7.40. The Morgan fingerprint density at radius 2 is 2.19 bits per heavy atom. The molecule has 1 heterocycles. The summed E-state index contributed by atoms with van der Waals surface area (Å²) < 4.78 is 0. The molecule has 0 aliphatic heterocycles. The highest BCUT2D eigenvalue weighted by Gasteiger charge is 2.10. The standard InChI is InChI=1S/C12H19N3S/c1-12(2,3)6-8-15-11-9(10(13)16)5-4-7-14-11/h4-5,7H,6,8H2,1-3H3,(H2,13,16)(H,14,15). The van der Waals surface area contributed by atoms with Crippen LogP contribution in [0.2, 0.25) is 0 Å². The van der Waals surface area contributed by atoms with Crippen LogP contribution in [0, 0.1) is 5.41 Å². The fourth-order valence-corrected chi connectivity index (χ4v) is 1.47. The van der Waals surface area contributed by atoms with E-state index in [2.05, 4.69) is 31.1 Å². The highest BCUT2D eigenvalue weighted by atomic mass is 32.1. The highest BCUT2D eigenvalue weighted by Crippen LogP contribution is 2.19. The van der Waals surface area contributed by atoms with Gasteiger partial charge in [0.1, 0.15) is 10.8 Å². The Morgan fingerprint density at radius 1 is 1.50 bits per heavy atom. The maximum Gasteiger partial charge on any atom is 0.136 e. The summed E-state index contributed by atoms with van der Waals surface area (Å²) in [6.45, 7) is 7.50. The minimum Gasteiger partial charge on any atom is -0.389 e. The first-order valence-electron chi connectivity index (χ1n) is 5.39. The van der Waals surface area contributed by atoms with Gasteiger partial charge in [-0.1, -0.05) is 33.0 Å². The molecule has 0 bridgehead atoms. The molecule has 0 aromatic carbocycles. The molecule has 0 atom stereocenters. The van der Waals surface area contributed by atoms with Gasteiger partial charge in [0.15, 0.2) is 0 Å². The molecule has 0 radical (unpaired) electrons. The minimum absolute atomic E-state index is 0.311. The smallest absolute Gasteiger partial charge is 0.136 e. The molecular formula is C12H19N3S. The topological polar surface area (TPSA) is 50.9 Å². The number of nitrogens with two attached hydrogens (primary N) is 1. The van der Waals surface area contributed by atoms with E-state index >= 15 is 0 Å². The molecule has 3 nitrogen and oxygen atoms in total. The van der Waals surface area contributed by atoms with Crippen molar-refractivity contribution in [1.82, 2.24) is 4.98 Å². The van der Waals surface area contributed by atoms with Crippen LogP contribution in [0.25, 0.3) is 0 Å². The Kier molecular flexibility index (Phi) is 4.24. The van der Waals surface area contributed by atoms with Crippen LogP contribution in [0.5, 0.6) is 0 Å². The summed E-state index contributed by atoms with van der Waals surface area (Å²) in [6, 6.07) is 3.72. The van der Waals surface area contributed by atoms with Crippen molar-refractivity contribution in [3.05, 3.63) is 23.9 Å². The van der Waals surface area contributed by atoms with Gasteiger partial charge in [-0.05, 0) is 24.0 Å². The molecule has 0 spiro atoms. The molecule has 0 aliphatic carbocycles. The third-order valence-electron chi connectivity index (χ3n) is 2.24. The largest absolute Gasteiger partial charge is 0.389 e. The van der Waals surface area contributed by atoms with Crippen molar-refractivity contribution in [1.29, 1.82) is 0 Å². The summed E-state index contributed by atoms with van der Waals surface area (Å²) in [5, 5.41) is 3.27. The second-order valence-corrected chi connectivity index (χ2v) is 5.44. The van der Waals surface area contributed by atoms with Crippen molar-refractivity contribution >= 4 is 23.0 Å². The van der Waals surface area contributed by atoms with E-state index in [1.54, 1.807) is 6.20 Å². The molecule has 16 heavy (non-hydrogen) atoms. The van der Waals surface area contributed by atoms with E-state index in [1.807, 2.05) is 12.1 Å². The van der Waals surface area contributed by atoms with E-state index in [1.165, 1.54) is 0 Å². The zero-order chi connectivity index (χ0) is 12.2. The van der Waals surface area contributed by atoms with Crippen LogP contribution in [-0.4, -0.2) is 16.5 Å². The van der Waals surface area contributed by atoms with Crippen LogP contribution in [0.1, 0.15) is 32.8 Å². The van der Waals surface area contributed by atoms with Crippen LogP contribution in [0.4, 0.5) is 5.82 Å². The fraction of sp³-hybridized carbons (Fsp3) is 0.500. The number of thiocarbonyl (C=S) groups is 1. The van der Waals surface area contributed by atoms with Crippen molar-refractivity contribution in [3.8, 4) is 0 Å². The van der Waals surface area contributed by atoms with Gasteiger partial charge in [-0.3, -0.25) is 0 Å². The highest BCUT2D eigenvalue weighted by molar-refractivity contribution is 7.80. The summed E-state index contributed by atoms with van der Waals surface area (Å²) >= 11 is 4.97. The lowest BCUT2D eigenvalue weighted by Crippen LogP contribution is -2.17. The van der Waals surface area contributed by atoms with Crippen molar-refractivity contribution in [3.63, 3.8) is 0 Å². The number of hydrogen-bond donors (Lipinski definition) is 2. The van der Waals surface area contributed by atoms with Crippen LogP contribution in [0.3, 0.4) is 0 Å². The third-order valence-corrected chi connectivity index (χ3v) is 2.46. The van der Waals surface area contributed by atoms with E-state index < -0.39 is 0 Å². The Balaban J connectivity index is 2.64. The molecule has 0 unspecified atom stereocenters. The first kappa shape index (κ1) is 12.9. The van der Waals surface area contributed by atoms with E-state index in [0.717, 1.165) is 24.3 Å². The molecule has 88 valence electrons. The lowest BCUT2D eigenvalue weighted by atomic mass is 9.92. The molecule has 0 fully saturated rings. The Morgan fingerprint density at radius 3 is 2.75 bits per heavy atom. The molecule has 0 amide bonds. The molecule has 1 aromatic rings. The van der Waals surface area contributed by atoms with Crippen molar-refractivity contribution in [2.45, 2.75) is 27.2 Å². The predicted molar refractivity (Wildman–Crippen MR) is 72.7 cm³/mol. The van der Waals surface area contributed by atoms with Crippen LogP contribution < -0.4 is 11.1 Å². The number of nitrogens with one attached hydrogen (secondary N) is 1. The van der Waals surface area contributed by atoms with Crippen LogP contribution in [0.15, 0.2) is 18.3 Å². The monoisotopic (exact) mass is 237 g/mol. The number of aromatic nitrogens is 1. The minimum atomic E-state index is 0.311. The zero-order valence-corrected chi connectivity index (χ0v) is 10.9. The van der Waals surface area contributed by atoms with Gasteiger partial charge in [-0.15, -0.1) is 0 Å². The van der Waals surface area contributed by atoms with Crippen molar-refractivity contribution < 1.29 is 0 Å². The maximum atomic E-state index is 5.62. The van der Waals surface area contributed by atoms with Gasteiger partial charge >= 0.3 is 0 Å². The molecule has 0 aliphatic rings. The van der Waals surface area contributed by atoms with Gasteiger partial charge < -0.3 is 11.1 Å². The average molecular weight is 237 g/mol. The SMILES string of the molecule is CC(C)(C)CCNc1ncccc1C(N)=S. The first-order valence-corrected chi connectivity index (χ1v) is 5.80. The van der Waals surface area contributed by atoms with E-state index in [4.69, 9.17) is 18.0 Å². The quantitative estimate of drug-likeness (QED) is 0.790. The van der Waals surface area contributed by atoms with E-state index in [9.17, 15) is 0 Å². The lowest BCUT2D eigenvalue weighted by molar-refractivity contribution is 0.389. The number of pyridine rings is 1. The molecule has 4 heteroatoms. The van der Waals surface area contributed by atoms with Gasteiger partial charge in [0, 0.05) is 12.7 Å². The van der Waals surface area contributed by atoms with E-state index in [-0.39, 0.29) is 0 Å². The summed E-state index contributed by atoms with van der Waals surface area (Å²) in [5.74, 6) is 0.777. The predicted octanol–water partition coefficient (Wildman–Crippen LogP) is 2.56. The fourth-order valence-electron chi connectivity index (χ4n) is 1.30. The molecule has 1 rings (SSSR count). The number of anilines is 1. The summed E-state index contributed by atoms with van der Waals surface area (Å²) in [4.78, 5) is 4.62. The molecular weight excluding hydrogens is 218 g/mol. The molecule has 0 saturated carbocycles. The normalized spacial score (nSPS) is 11.2. The second-order valence-electron chi connectivity index (χ2n) is 5.00. The summed E-state index contributed by atoms with van der Waals surface area (Å²) in [5.41, 5.74) is 6.75. The summed E-state index contributed by atoms with van der Waals surface area (Å²) in [6.07, 6.45) is 2.81. The van der Waals surface area contributed by atoms with Gasteiger partial charge in [0.2, 0.25) is 0 Å². The van der Waals surface area contributed by atoms with Crippen molar-refractivity contribution in [2.75, 3.05) is 11.9 Å². The average Bonchev–Trinajstić information content (AvgIpc) is 2.16. The Hall–Kier alpha value is -1.16.